The highest BCUT2D eigenvalue weighted by molar-refractivity contribution is 5.91. The van der Waals surface area contributed by atoms with E-state index in [1.165, 1.54) is 12.1 Å². The second-order valence-corrected chi connectivity index (χ2v) is 15.8. The van der Waals surface area contributed by atoms with E-state index in [0.29, 0.717) is 0 Å². The van der Waals surface area contributed by atoms with Gasteiger partial charge in [0.25, 0.3) is 0 Å². The van der Waals surface area contributed by atoms with Crippen molar-refractivity contribution in [2.24, 2.45) is 0 Å². The zero-order chi connectivity index (χ0) is 42.7. The fourth-order valence-corrected chi connectivity index (χ4v) is 7.68. The second-order valence-electron chi connectivity index (χ2n) is 15.8. The normalized spacial score (nSPS) is 29.6. The standard InChI is InChI=1S/C46H46O15/c1-45(2)58-34-32(54-44-38(36(34)59-45)60-46(3,4)61-44)26-52-43-37(57-42(50)30-23-15-8-16-24-30)35(56-41(49)29-21-13-7-14-22-29)33(55-40(48)28-19-11-6-12-20-28)31(53-43)25-51-39(47)27-17-9-5-10-18-27/h5-24,31-38,43-44H,25-26H2,1-4H3/t31-,32+,33-,34-,35+,36-,37+,38+,43+,44+/m0/s1. The maximum absolute atomic E-state index is 14.0. The molecule has 61 heavy (non-hydrogen) atoms. The molecular weight excluding hydrogens is 792 g/mol. The molecule has 10 atom stereocenters. The molecule has 15 nitrogen and oxygen atoms in total. The number of fused-ring (bicyclic) bond motifs is 3. The summed E-state index contributed by atoms with van der Waals surface area (Å²) in [5, 5.41) is 0. The van der Waals surface area contributed by atoms with E-state index in [2.05, 4.69) is 0 Å². The van der Waals surface area contributed by atoms with E-state index in [9.17, 15) is 19.2 Å². The van der Waals surface area contributed by atoms with Crippen molar-refractivity contribution >= 4 is 23.9 Å². The van der Waals surface area contributed by atoms with Gasteiger partial charge in [-0.3, -0.25) is 0 Å². The topological polar surface area (TPSA) is 170 Å². The molecule has 0 bridgehead atoms. The van der Waals surface area contributed by atoms with Gasteiger partial charge in [0.15, 0.2) is 42.5 Å². The van der Waals surface area contributed by atoms with Crippen LogP contribution in [0.1, 0.15) is 69.1 Å². The molecule has 0 amide bonds. The van der Waals surface area contributed by atoms with Crippen molar-refractivity contribution in [3.63, 3.8) is 0 Å². The Labute approximate surface area is 352 Å². The van der Waals surface area contributed by atoms with Crippen LogP contribution in [-0.2, 0) is 52.1 Å². The Balaban J connectivity index is 1.16. The van der Waals surface area contributed by atoms with Crippen molar-refractivity contribution in [1.29, 1.82) is 0 Å². The third-order valence-electron chi connectivity index (χ3n) is 10.4. The van der Waals surface area contributed by atoms with Gasteiger partial charge in [0.05, 0.1) is 28.9 Å². The molecule has 15 heteroatoms. The first kappa shape index (κ1) is 42.2. The highest BCUT2D eigenvalue weighted by Gasteiger charge is 2.61. The molecule has 0 spiro atoms. The fraction of sp³-hybridized carbons (Fsp3) is 0.391. The Morgan fingerprint density at radius 3 is 1.41 bits per heavy atom. The van der Waals surface area contributed by atoms with Gasteiger partial charge in [-0.05, 0) is 76.2 Å². The quantitative estimate of drug-likeness (QED) is 0.126. The largest absolute Gasteiger partial charge is 0.459 e. The summed E-state index contributed by atoms with van der Waals surface area (Å²) in [4.78, 5) is 55.1. The van der Waals surface area contributed by atoms with E-state index < -0.39 is 103 Å². The maximum atomic E-state index is 14.0. The van der Waals surface area contributed by atoms with Crippen LogP contribution >= 0.6 is 0 Å². The molecule has 4 aliphatic rings. The van der Waals surface area contributed by atoms with Gasteiger partial charge in [-0.2, -0.15) is 0 Å². The van der Waals surface area contributed by atoms with E-state index in [1.807, 2.05) is 0 Å². The van der Waals surface area contributed by atoms with Crippen LogP contribution < -0.4 is 0 Å². The molecule has 0 unspecified atom stereocenters. The van der Waals surface area contributed by atoms with Crippen LogP contribution in [0, 0.1) is 0 Å². The number of carbonyl (C=O) groups is 4. The van der Waals surface area contributed by atoms with Crippen LogP contribution in [0.25, 0.3) is 0 Å². The second kappa shape index (κ2) is 17.8. The lowest BCUT2D eigenvalue weighted by molar-refractivity contribution is -0.313. The van der Waals surface area contributed by atoms with Crippen molar-refractivity contribution in [2.75, 3.05) is 13.2 Å². The summed E-state index contributed by atoms with van der Waals surface area (Å²) in [6, 6.07) is 32.6. The molecule has 4 heterocycles. The molecule has 0 aromatic heterocycles. The van der Waals surface area contributed by atoms with Crippen LogP contribution in [0.5, 0.6) is 0 Å². The molecular formula is C46H46O15. The van der Waals surface area contributed by atoms with Crippen LogP contribution in [-0.4, -0.2) is 110 Å². The van der Waals surface area contributed by atoms with Gasteiger partial charge in [-0.1, -0.05) is 72.8 Å². The Morgan fingerprint density at radius 2 is 0.885 bits per heavy atom. The Bertz CT molecular complexity index is 2150. The number of esters is 4. The van der Waals surface area contributed by atoms with Crippen LogP contribution in [0.3, 0.4) is 0 Å². The molecule has 4 aromatic rings. The number of hydrogen-bond donors (Lipinski definition) is 0. The van der Waals surface area contributed by atoms with Crippen LogP contribution in [0.2, 0.25) is 0 Å². The molecule has 320 valence electrons. The van der Waals surface area contributed by atoms with Crippen molar-refractivity contribution < 1.29 is 71.3 Å². The summed E-state index contributed by atoms with van der Waals surface area (Å²) in [7, 11) is 0. The molecule has 0 aliphatic carbocycles. The van der Waals surface area contributed by atoms with Gasteiger partial charge in [0.1, 0.15) is 37.1 Å². The van der Waals surface area contributed by atoms with Gasteiger partial charge in [0, 0.05) is 0 Å². The monoisotopic (exact) mass is 838 g/mol. The Kier molecular flexibility index (Phi) is 12.3. The molecule has 4 fully saturated rings. The first-order valence-electron chi connectivity index (χ1n) is 20.0. The van der Waals surface area contributed by atoms with Crippen molar-refractivity contribution in [3.05, 3.63) is 144 Å². The SMILES string of the molecule is CC1(C)O[C@H]2[C@@H](O1)[C@@H](CO[C@@H]1O[C@@H](COC(=O)c3ccccc3)[C@H](OC(=O)c3ccccc3)[C@@H](OC(=O)c3ccccc3)[C@H]1OC(=O)c1ccccc1)O[C@@H]1OC(C)(C)O[C@@H]12. The summed E-state index contributed by atoms with van der Waals surface area (Å²) < 4.78 is 68.4. The zero-order valence-corrected chi connectivity index (χ0v) is 33.9. The highest BCUT2D eigenvalue weighted by atomic mass is 16.9. The van der Waals surface area contributed by atoms with E-state index >= 15 is 0 Å². The van der Waals surface area contributed by atoms with Crippen molar-refractivity contribution in [1.82, 2.24) is 0 Å². The number of hydrogen-bond acceptors (Lipinski definition) is 15. The van der Waals surface area contributed by atoms with Crippen molar-refractivity contribution in [3.8, 4) is 0 Å². The van der Waals surface area contributed by atoms with Gasteiger partial charge >= 0.3 is 23.9 Å². The predicted octanol–water partition coefficient (Wildman–Crippen LogP) is 5.66. The summed E-state index contributed by atoms with van der Waals surface area (Å²) in [5.74, 6) is -5.18. The zero-order valence-electron chi connectivity index (χ0n) is 33.9. The minimum Gasteiger partial charge on any atom is -0.459 e. The van der Waals surface area contributed by atoms with Crippen LogP contribution in [0.4, 0.5) is 0 Å². The number of ether oxygens (including phenoxy) is 11. The van der Waals surface area contributed by atoms with Gasteiger partial charge in [-0.15, -0.1) is 0 Å². The summed E-state index contributed by atoms with van der Waals surface area (Å²) in [6.45, 7) is 6.29. The minimum absolute atomic E-state index is 0.152. The molecule has 4 aliphatic heterocycles. The van der Waals surface area contributed by atoms with E-state index in [1.54, 1.807) is 137 Å². The summed E-state index contributed by atoms with van der Waals surface area (Å²) >= 11 is 0. The van der Waals surface area contributed by atoms with E-state index in [0.717, 1.165) is 0 Å². The summed E-state index contributed by atoms with van der Waals surface area (Å²) in [5.41, 5.74) is 0.724. The Morgan fingerprint density at radius 1 is 0.459 bits per heavy atom. The highest BCUT2D eigenvalue weighted by Crippen LogP contribution is 2.44. The number of benzene rings is 4. The van der Waals surface area contributed by atoms with Gasteiger partial charge < -0.3 is 52.1 Å². The molecule has 4 aromatic carbocycles. The van der Waals surface area contributed by atoms with Crippen molar-refractivity contribution in [2.45, 2.75) is 101 Å². The lowest BCUT2D eigenvalue weighted by atomic mass is 9.97. The summed E-state index contributed by atoms with van der Waals surface area (Å²) in [6.07, 6.45) is -11.3. The predicted molar refractivity (Wildman–Crippen MR) is 211 cm³/mol. The third-order valence-corrected chi connectivity index (χ3v) is 10.4. The maximum Gasteiger partial charge on any atom is 0.338 e. The molecule has 0 saturated carbocycles. The molecule has 0 N–H and O–H groups in total. The average Bonchev–Trinajstić information content (AvgIpc) is 3.78. The van der Waals surface area contributed by atoms with Crippen LogP contribution in [0.15, 0.2) is 121 Å². The van der Waals surface area contributed by atoms with E-state index in [-0.39, 0.29) is 28.9 Å². The smallest absolute Gasteiger partial charge is 0.338 e. The average molecular weight is 839 g/mol. The first-order chi connectivity index (χ1) is 29.3. The van der Waals surface area contributed by atoms with E-state index in [4.69, 9.17) is 52.1 Å². The minimum atomic E-state index is -1.60. The third kappa shape index (κ3) is 9.68. The lowest BCUT2D eigenvalue weighted by Crippen LogP contribution is -2.64. The molecule has 0 radical (unpaired) electrons. The Hall–Kier alpha value is -5.52. The number of carbonyl (C=O) groups excluding carboxylic acids is 4. The molecule has 4 saturated heterocycles. The van der Waals surface area contributed by atoms with Gasteiger partial charge in [0.2, 0.25) is 0 Å². The number of rotatable bonds is 12. The lowest BCUT2D eigenvalue weighted by Gasteiger charge is -2.45. The fourth-order valence-electron chi connectivity index (χ4n) is 7.68. The first-order valence-corrected chi connectivity index (χ1v) is 20.0. The molecule has 8 rings (SSSR count). The van der Waals surface area contributed by atoms with Gasteiger partial charge in [-0.25, -0.2) is 19.2 Å².